The summed E-state index contributed by atoms with van der Waals surface area (Å²) in [4.78, 5) is 18.9. The summed E-state index contributed by atoms with van der Waals surface area (Å²) < 4.78 is 5.63. The monoisotopic (exact) mass is 480 g/mol. The van der Waals surface area contributed by atoms with Crippen LogP contribution in [0.25, 0.3) is 0 Å². The summed E-state index contributed by atoms with van der Waals surface area (Å²) in [5, 5.41) is 8.60. The molecule has 6 nitrogen and oxygen atoms in total. The Hall–Kier alpha value is -0.870. The van der Waals surface area contributed by atoms with Crippen LogP contribution in [0.4, 0.5) is 0 Å². The summed E-state index contributed by atoms with van der Waals surface area (Å²) in [5.41, 5.74) is 0. The average molecular weight is 480 g/mol. The minimum Gasteiger partial charge on any atom is -0.381 e. The third-order valence-corrected chi connectivity index (χ3v) is 4.57. The van der Waals surface area contributed by atoms with Crippen molar-refractivity contribution >= 4 is 47.2 Å². The molecule has 0 spiro atoms. The average Bonchev–Trinajstić information content (AvgIpc) is 3.24. The number of carbonyl (C=O) groups is 1. The zero-order valence-electron chi connectivity index (χ0n) is 15.0. The maximum Gasteiger partial charge on any atom is 0.243 e. The molecule has 1 saturated carbocycles. The van der Waals surface area contributed by atoms with E-state index in [2.05, 4.69) is 21.7 Å². The van der Waals surface area contributed by atoms with Crippen molar-refractivity contribution in [3.05, 3.63) is 22.4 Å². The lowest BCUT2D eigenvalue weighted by atomic mass is 10.4. The second-order valence-corrected chi connectivity index (χ2v) is 7.22. The number of likely N-dealkylation sites (N-methyl/N-ethyl adjacent to an activating group) is 1. The van der Waals surface area contributed by atoms with E-state index in [4.69, 9.17) is 4.74 Å². The van der Waals surface area contributed by atoms with Gasteiger partial charge in [-0.1, -0.05) is 6.07 Å². The third-order valence-electron chi connectivity index (χ3n) is 3.69. The molecule has 0 atom stereocenters. The maximum atomic E-state index is 11.7. The highest BCUT2D eigenvalue weighted by atomic mass is 127. The van der Waals surface area contributed by atoms with E-state index in [9.17, 15) is 4.79 Å². The molecule has 1 amide bonds. The van der Waals surface area contributed by atoms with Crippen molar-refractivity contribution < 1.29 is 9.53 Å². The molecule has 0 bridgehead atoms. The Morgan fingerprint density at radius 1 is 1.40 bits per heavy atom. The fourth-order valence-electron chi connectivity index (χ4n) is 1.96. The number of aliphatic imine (C=N–C) groups is 1. The molecule has 2 rings (SSSR count). The van der Waals surface area contributed by atoms with Crippen molar-refractivity contribution in [1.82, 2.24) is 15.5 Å². The van der Waals surface area contributed by atoms with E-state index < -0.39 is 0 Å². The van der Waals surface area contributed by atoms with Crippen molar-refractivity contribution in [3.8, 4) is 0 Å². The maximum absolute atomic E-state index is 11.7. The van der Waals surface area contributed by atoms with Crippen LogP contribution in [0.2, 0.25) is 0 Å². The minimum absolute atomic E-state index is 0. The van der Waals surface area contributed by atoms with Crippen molar-refractivity contribution in [2.45, 2.75) is 25.8 Å². The van der Waals surface area contributed by atoms with Crippen LogP contribution in [0.5, 0.6) is 0 Å². The van der Waals surface area contributed by atoms with Crippen LogP contribution in [-0.4, -0.2) is 57.2 Å². The zero-order valence-corrected chi connectivity index (χ0v) is 18.1. The summed E-state index contributed by atoms with van der Waals surface area (Å²) >= 11 is 1.70. The molecule has 0 aliphatic heterocycles. The summed E-state index contributed by atoms with van der Waals surface area (Å²) in [6, 6.07) is 4.10. The second-order valence-electron chi connectivity index (χ2n) is 6.18. The van der Waals surface area contributed by atoms with Gasteiger partial charge in [-0.25, -0.2) is 4.99 Å². The van der Waals surface area contributed by atoms with Crippen LogP contribution in [0, 0.1) is 5.92 Å². The van der Waals surface area contributed by atoms with Crippen LogP contribution in [0.1, 0.15) is 24.1 Å². The molecule has 0 radical (unpaired) electrons. The SMILES string of the molecule is CN(C)C(=O)CN=C(NCCCOCC1CC1)NCc1cccs1.I. The van der Waals surface area contributed by atoms with Gasteiger partial charge in [-0.15, -0.1) is 35.3 Å². The molecule has 1 aromatic heterocycles. The normalized spacial score (nSPS) is 13.9. The highest BCUT2D eigenvalue weighted by molar-refractivity contribution is 14.0. The Labute approximate surface area is 171 Å². The predicted octanol–water partition coefficient (Wildman–Crippen LogP) is 2.31. The lowest BCUT2D eigenvalue weighted by Crippen LogP contribution is -2.38. The van der Waals surface area contributed by atoms with Crippen LogP contribution >= 0.6 is 35.3 Å². The van der Waals surface area contributed by atoms with Gasteiger partial charge in [0, 0.05) is 38.7 Å². The van der Waals surface area contributed by atoms with Crippen LogP contribution in [0.15, 0.2) is 22.5 Å². The van der Waals surface area contributed by atoms with E-state index in [0.717, 1.165) is 32.1 Å². The molecule has 1 aliphatic rings. The first-order valence-corrected chi connectivity index (χ1v) is 9.35. The molecule has 1 aromatic rings. The van der Waals surface area contributed by atoms with E-state index in [1.54, 1.807) is 30.3 Å². The highest BCUT2D eigenvalue weighted by Gasteiger charge is 2.20. The van der Waals surface area contributed by atoms with Gasteiger partial charge in [0.15, 0.2) is 5.96 Å². The Balaban J connectivity index is 0.00000312. The number of nitrogens with zero attached hydrogens (tertiary/aromatic N) is 2. The third kappa shape index (κ3) is 10.0. The lowest BCUT2D eigenvalue weighted by Gasteiger charge is -2.13. The van der Waals surface area contributed by atoms with Gasteiger partial charge >= 0.3 is 0 Å². The number of guanidine groups is 1. The van der Waals surface area contributed by atoms with Crippen LogP contribution < -0.4 is 10.6 Å². The number of hydrogen-bond donors (Lipinski definition) is 2. The predicted molar refractivity (Wildman–Crippen MR) is 114 cm³/mol. The summed E-state index contributed by atoms with van der Waals surface area (Å²) in [5.74, 6) is 1.46. The summed E-state index contributed by atoms with van der Waals surface area (Å²) in [6.45, 7) is 3.28. The smallest absolute Gasteiger partial charge is 0.243 e. The van der Waals surface area contributed by atoms with Gasteiger partial charge in [0.2, 0.25) is 5.91 Å². The van der Waals surface area contributed by atoms with Gasteiger partial charge in [-0.3, -0.25) is 4.79 Å². The van der Waals surface area contributed by atoms with E-state index in [-0.39, 0.29) is 36.4 Å². The number of thiophene rings is 1. The molecule has 8 heteroatoms. The molecule has 1 heterocycles. The molecule has 2 N–H and O–H groups in total. The summed E-state index contributed by atoms with van der Waals surface area (Å²) in [6.07, 6.45) is 3.57. The molecule has 1 fully saturated rings. The molecular weight excluding hydrogens is 451 g/mol. The fraction of sp³-hybridized carbons (Fsp3) is 0.647. The van der Waals surface area contributed by atoms with Gasteiger partial charge < -0.3 is 20.3 Å². The molecule has 142 valence electrons. The Morgan fingerprint density at radius 2 is 2.20 bits per heavy atom. The van der Waals surface area contributed by atoms with Crippen molar-refractivity contribution in [3.63, 3.8) is 0 Å². The first kappa shape index (κ1) is 22.2. The molecule has 0 unspecified atom stereocenters. The quantitative estimate of drug-likeness (QED) is 0.234. The Morgan fingerprint density at radius 3 is 2.84 bits per heavy atom. The lowest BCUT2D eigenvalue weighted by molar-refractivity contribution is -0.127. The molecule has 1 aliphatic carbocycles. The zero-order chi connectivity index (χ0) is 17.2. The van der Waals surface area contributed by atoms with Gasteiger partial charge in [0.25, 0.3) is 0 Å². The molecule has 25 heavy (non-hydrogen) atoms. The number of halogens is 1. The molecular formula is C17H29IN4O2S. The second kappa shape index (κ2) is 12.5. The molecule has 0 saturated heterocycles. The number of nitrogens with one attached hydrogen (secondary N) is 2. The van der Waals surface area contributed by atoms with E-state index in [0.29, 0.717) is 12.5 Å². The van der Waals surface area contributed by atoms with Crippen LogP contribution in [-0.2, 0) is 16.1 Å². The fourth-order valence-corrected chi connectivity index (χ4v) is 2.61. The van der Waals surface area contributed by atoms with Gasteiger partial charge in [-0.2, -0.15) is 0 Å². The molecule has 0 aromatic carbocycles. The van der Waals surface area contributed by atoms with Crippen molar-refractivity contribution in [1.29, 1.82) is 0 Å². The van der Waals surface area contributed by atoms with Crippen molar-refractivity contribution in [2.75, 3.05) is 40.4 Å². The first-order valence-electron chi connectivity index (χ1n) is 8.47. The number of hydrogen-bond acceptors (Lipinski definition) is 4. The highest BCUT2D eigenvalue weighted by Crippen LogP contribution is 2.28. The Kier molecular flexibility index (Phi) is 11.1. The van der Waals surface area contributed by atoms with Gasteiger partial charge in [0.1, 0.15) is 6.54 Å². The van der Waals surface area contributed by atoms with Gasteiger partial charge in [0.05, 0.1) is 6.54 Å². The van der Waals surface area contributed by atoms with E-state index >= 15 is 0 Å². The van der Waals surface area contributed by atoms with E-state index in [1.807, 2.05) is 11.4 Å². The standard InChI is InChI=1S/C17H28N4O2S.HI/c1-21(2)16(22)12-20-17(19-11-15-5-3-10-24-15)18-8-4-9-23-13-14-6-7-14;/h3,5,10,14H,4,6-9,11-13H2,1-2H3,(H2,18,19,20);1H. The first-order chi connectivity index (χ1) is 11.6. The number of carbonyl (C=O) groups excluding carboxylic acids is 1. The number of ether oxygens (including phenoxy) is 1. The van der Waals surface area contributed by atoms with Gasteiger partial charge in [-0.05, 0) is 36.6 Å². The topological polar surface area (TPSA) is 66.0 Å². The number of rotatable bonds is 10. The number of amides is 1. The summed E-state index contributed by atoms with van der Waals surface area (Å²) in [7, 11) is 3.47. The van der Waals surface area contributed by atoms with Crippen molar-refractivity contribution in [2.24, 2.45) is 10.9 Å². The van der Waals surface area contributed by atoms with Crippen LogP contribution in [0.3, 0.4) is 0 Å². The Bertz CT molecular complexity index is 519. The largest absolute Gasteiger partial charge is 0.381 e. The minimum atomic E-state index is -0.0139. The van der Waals surface area contributed by atoms with E-state index in [1.165, 1.54) is 17.7 Å².